The molecule has 0 atom stereocenters. The predicted octanol–water partition coefficient (Wildman–Crippen LogP) is 2.77. The van der Waals surface area contributed by atoms with Gasteiger partial charge in [-0.15, -0.1) is 11.3 Å². The minimum atomic E-state index is -0.570. The Labute approximate surface area is 169 Å². The molecule has 0 aliphatic carbocycles. The van der Waals surface area contributed by atoms with Crippen LogP contribution in [0.4, 0.5) is 5.82 Å². The molecule has 1 aromatic carbocycles. The van der Waals surface area contributed by atoms with Gasteiger partial charge in [0.2, 0.25) is 5.91 Å². The molecule has 8 nitrogen and oxygen atoms in total. The number of nitrogens with zero attached hydrogens (tertiary/aromatic N) is 3. The Morgan fingerprint density at radius 1 is 1.17 bits per heavy atom. The fraction of sp³-hybridized carbons (Fsp3) is 0.200. The molecule has 1 amide bonds. The number of hydrogen-bond acceptors (Lipinski definition) is 6. The largest absolute Gasteiger partial charge is 0.360 e. The Balaban J connectivity index is 1.84. The zero-order valence-corrected chi connectivity index (χ0v) is 16.9. The van der Waals surface area contributed by atoms with Gasteiger partial charge in [-0.05, 0) is 43.8 Å². The zero-order valence-electron chi connectivity index (χ0n) is 16.1. The van der Waals surface area contributed by atoms with E-state index < -0.39 is 17.2 Å². The monoisotopic (exact) mass is 410 g/mol. The lowest BCUT2D eigenvalue weighted by Crippen LogP contribution is -2.40. The molecule has 0 saturated heterocycles. The maximum absolute atomic E-state index is 13.2. The summed E-state index contributed by atoms with van der Waals surface area (Å²) in [6, 6.07) is 8.75. The first-order valence-corrected chi connectivity index (χ1v) is 9.77. The van der Waals surface area contributed by atoms with Gasteiger partial charge in [0.05, 0.1) is 11.2 Å². The van der Waals surface area contributed by atoms with E-state index in [1.807, 2.05) is 26.0 Å². The fourth-order valence-corrected chi connectivity index (χ4v) is 4.08. The van der Waals surface area contributed by atoms with E-state index in [0.717, 1.165) is 15.7 Å². The molecule has 4 aromatic rings. The van der Waals surface area contributed by atoms with Crippen LogP contribution >= 0.6 is 11.3 Å². The van der Waals surface area contributed by atoms with Crippen LogP contribution in [-0.2, 0) is 11.3 Å². The van der Waals surface area contributed by atoms with E-state index in [0.29, 0.717) is 21.7 Å². The SMILES string of the molecule is Cc1ccc(-n2c(=O)c3sccc3n(CC(=O)Nc3cc(C)on3)c2=O)c(C)c1. The molecule has 0 unspecified atom stereocenters. The number of anilines is 1. The standard InChI is InChI=1S/C20H18N4O4S/c1-11-4-5-14(12(2)8-11)24-19(26)18-15(6-7-29-18)23(20(24)27)10-17(25)21-16-9-13(3)28-22-16/h4-9H,10H2,1-3H3,(H,21,22,25). The van der Waals surface area contributed by atoms with E-state index in [4.69, 9.17) is 4.52 Å². The number of aromatic nitrogens is 3. The highest BCUT2D eigenvalue weighted by atomic mass is 32.1. The Hall–Kier alpha value is -3.46. The van der Waals surface area contributed by atoms with Gasteiger partial charge in [0.25, 0.3) is 5.56 Å². The minimum absolute atomic E-state index is 0.261. The Morgan fingerprint density at radius 2 is 1.97 bits per heavy atom. The molecule has 4 rings (SSSR count). The van der Waals surface area contributed by atoms with Crippen molar-refractivity contribution < 1.29 is 9.32 Å². The number of rotatable bonds is 4. The molecule has 9 heteroatoms. The van der Waals surface area contributed by atoms with Crippen molar-refractivity contribution in [2.75, 3.05) is 5.32 Å². The molecular weight excluding hydrogens is 392 g/mol. The molecule has 3 heterocycles. The second-order valence-electron chi connectivity index (χ2n) is 6.81. The van der Waals surface area contributed by atoms with Crippen LogP contribution in [0, 0.1) is 20.8 Å². The van der Waals surface area contributed by atoms with Crippen LogP contribution in [0.15, 0.2) is 49.8 Å². The number of benzene rings is 1. The molecule has 0 bridgehead atoms. The Morgan fingerprint density at radius 3 is 2.66 bits per heavy atom. The third-order valence-corrected chi connectivity index (χ3v) is 5.44. The average Bonchev–Trinajstić information content (AvgIpc) is 3.30. The highest BCUT2D eigenvalue weighted by molar-refractivity contribution is 7.17. The third-order valence-electron chi connectivity index (χ3n) is 4.55. The van der Waals surface area contributed by atoms with E-state index in [2.05, 4.69) is 10.5 Å². The van der Waals surface area contributed by atoms with Crippen LogP contribution in [0.1, 0.15) is 16.9 Å². The van der Waals surface area contributed by atoms with Crippen molar-refractivity contribution in [1.29, 1.82) is 0 Å². The van der Waals surface area contributed by atoms with Crippen molar-refractivity contribution in [3.8, 4) is 5.69 Å². The van der Waals surface area contributed by atoms with Gasteiger partial charge in [0.1, 0.15) is 17.0 Å². The normalized spacial score (nSPS) is 11.1. The number of aryl methyl sites for hydroxylation is 3. The van der Waals surface area contributed by atoms with Crippen LogP contribution < -0.4 is 16.6 Å². The average molecular weight is 410 g/mol. The van der Waals surface area contributed by atoms with E-state index in [9.17, 15) is 14.4 Å². The van der Waals surface area contributed by atoms with Crippen LogP contribution in [0.5, 0.6) is 0 Å². The van der Waals surface area contributed by atoms with Gasteiger partial charge in [-0.25, -0.2) is 9.36 Å². The molecule has 148 valence electrons. The van der Waals surface area contributed by atoms with Gasteiger partial charge < -0.3 is 9.84 Å². The summed E-state index contributed by atoms with van der Waals surface area (Å²) in [5.41, 5.74) is 1.79. The van der Waals surface area contributed by atoms with Crippen LogP contribution in [0.2, 0.25) is 0 Å². The van der Waals surface area contributed by atoms with Gasteiger partial charge in [-0.2, -0.15) is 0 Å². The lowest BCUT2D eigenvalue weighted by Gasteiger charge is -2.13. The van der Waals surface area contributed by atoms with Crippen molar-refractivity contribution in [3.05, 3.63) is 73.4 Å². The first kappa shape index (κ1) is 18.9. The highest BCUT2D eigenvalue weighted by Gasteiger charge is 2.19. The minimum Gasteiger partial charge on any atom is -0.360 e. The molecule has 0 saturated carbocycles. The molecular formula is C20H18N4O4S. The number of fused-ring (bicyclic) bond motifs is 1. The van der Waals surface area contributed by atoms with E-state index in [1.54, 1.807) is 30.5 Å². The molecule has 1 N–H and O–H groups in total. The summed E-state index contributed by atoms with van der Waals surface area (Å²) in [5.74, 6) is 0.379. The van der Waals surface area contributed by atoms with Crippen molar-refractivity contribution >= 4 is 33.3 Å². The quantitative estimate of drug-likeness (QED) is 0.558. The molecule has 0 aliphatic rings. The second kappa shape index (κ2) is 7.17. The van der Waals surface area contributed by atoms with Gasteiger partial charge in [-0.1, -0.05) is 22.9 Å². The molecule has 0 aliphatic heterocycles. The van der Waals surface area contributed by atoms with Gasteiger partial charge in [0, 0.05) is 6.07 Å². The summed E-state index contributed by atoms with van der Waals surface area (Å²) < 4.78 is 7.77. The third kappa shape index (κ3) is 3.40. The van der Waals surface area contributed by atoms with Crippen LogP contribution in [-0.4, -0.2) is 20.2 Å². The maximum atomic E-state index is 13.2. The van der Waals surface area contributed by atoms with Gasteiger partial charge in [-0.3, -0.25) is 14.2 Å². The molecule has 0 fully saturated rings. The maximum Gasteiger partial charge on any atom is 0.336 e. The smallest absolute Gasteiger partial charge is 0.336 e. The predicted molar refractivity (Wildman–Crippen MR) is 111 cm³/mol. The summed E-state index contributed by atoms with van der Waals surface area (Å²) >= 11 is 1.24. The molecule has 3 aromatic heterocycles. The number of thiophene rings is 1. The zero-order chi connectivity index (χ0) is 20.7. The van der Waals surface area contributed by atoms with Crippen molar-refractivity contribution in [1.82, 2.24) is 14.3 Å². The fourth-order valence-electron chi connectivity index (χ4n) is 3.26. The second-order valence-corrected chi connectivity index (χ2v) is 7.72. The topological polar surface area (TPSA) is 99.1 Å². The Bertz CT molecular complexity index is 1360. The lowest BCUT2D eigenvalue weighted by atomic mass is 10.1. The van der Waals surface area contributed by atoms with Crippen molar-refractivity contribution in [2.45, 2.75) is 27.3 Å². The summed E-state index contributed by atoms with van der Waals surface area (Å²) in [5, 5.41) is 8.05. The molecule has 0 spiro atoms. The van der Waals surface area contributed by atoms with Crippen molar-refractivity contribution in [2.24, 2.45) is 0 Å². The first-order valence-electron chi connectivity index (χ1n) is 8.89. The number of nitrogens with one attached hydrogen (secondary N) is 1. The van der Waals surface area contributed by atoms with Gasteiger partial charge in [0.15, 0.2) is 5.82 Å². The van der Waals surface area contributed by atoms with E-state index in [1.165, 1.54) is 15.9 Å². The van der Waals surface area contributed by atoms with Crippen LogP contribution in [0.25, 0.3) is 15.9 Å². The first-order chi connectivity index (χ1) is 13.8. The molecule has 29 heavy (non-hydrogen) atoms. The van der Waals surface area contributed by atoms with E-state index in [-0.39, 0.29) is 12.4 Å². The summed E-state index contributed by atoms with van der Waals surface area (Å²) in [7, 11) is 0. The number of hydrogen-bond donors (Lipinski definition) is 1. The number of carbonyl (C=O) groups excluding carboxylic acids is 1. The van der Waals surface area contributed by atoms with Crippen LogP contribution in [0.3, 0.4) is 0 Å². The highest BCUT2D eigenvalue weighted by Crippen LogP contribution is 2.18. The summed E-state index contributed by atoms with van der Waals surface area (Å²) in [6.45, 7) is 5.23. The molecule has 0 radical (unpaired) electrons. The van der Waals surface area contributed by atoms with Crippen molar-refractivity contribution in [3.63, 3.8) is 0 Å². The van der Waals surface area contributed by atoms with E-state index >= 15 is 0 Å². The summed E-state index contributed by atoms with van der Waals surface area (Å²) in [6.07, 6.45) is 0. The summed E-state index contributed by atoms with van der Waals surface area (Å²) in [4.78, 5) is 38.8. The van der Waals surface area contributed by atoms with Gasteiger partial charge >= 0.3 is 5.69 Å². The lowest BCUT2D eigenvalue weighted by molar-refractivity contribution is -0.116. The number of carbonyl (C=O) groups is 1. The Kier molecular flexibility index (Phi) is 4.67. The number of amides is 1.